The zero-order valence-corrected chi connectivity index (χ0v) is 37.1. The van der Waals surface area contributed by atoms with Crippen molar-refractivity contribution in [3.63, 3.8) is 0 Å². The number of hydrogen-bond donors (Lipinski definition) is 0. The molecular weight excluding hydrogens is 880 g/mol. The van der Waals surface area contributed by atoms with Crippen LogP contribution in [-0.4, -0.2) is 19.3 Å². The van der Waals surface area contributed by atoms with Crippen LogP contribution in [0.2, 0.25) is 0 Å². The molecule has 5 nitrogen and oxygen atoms in total. The fourth-order valence-corrected chi connectivity index (χ4v) is 8.28. The number of ether oxygens (including phenoxy) is 1. The summed E-state index contributed by atoms with van der Waals surface area (Å²) in [5.74, 6) is 2.02. The van der Waals surface area contributed by atoms with Crippen LogP contribution >= 0.6 is 0 Å². The van der Waals surface area contributed by atoms with Gasteiger partial charge in [-0.2, -0.15) is 17.2 Å². The third kappa shape index (κ3) is 7.39. The molecular formula is C51H50N4OPt. The van der Waals surface area contributed by atoms with Crippen LogP contribution in [0.25, 0.3) is 55.6 Å². The van der Waals surface area contributed by atoms with Crippen molar-refractivity contribution < 1.29 is 25.8 Å². The van der Waals surface area contributed by atoms with E-state index in [1.165, 1.54) is 50.1 Å². The summed E-state index contributed by atoms with van der Waals surface area (Å²) in [6.45, 7) is 24.3. The SMILES string of the molecule is Cc1cc(C)c(-c2c(C)nn(-c3[c-]c(Oc4[c-]c5c(cc4)c4ccccc4n5-c4cc(-c5cccc(C(C)(C)C)c5)c(C(C)(C)C)cn4)ccc3)c2C)c(C)c1.[Pt+2]. The van der Waals surface area contributed by atoms with Crippen molar-refractivity contribution in [2.45, 2.75) is 87.0 Å². The summed E-state index contributed by atoms with van der Waals surface area (Å²) in [6.07, 6.45) is 2.06. The minimum atomic E-state index is -0.106. The van der Waals surface area contributed by atoms with E-state index in [9.17, 15) is 0 Å². The summed E-state index contributed by atoms with van der Waals surface area (Å²) in [4.78, 5) is 5.14. The molecule has 8 rings (SSSR count). The van der Waals surface area contributed by atoms with Crippen molar-refractivity contribution in [2.24, 2.45) is 0 Å². The number of pyridine rings is 1. The maximum absolute atomic E-state index is 6.56. The van der Waals surface area contributed by atoms with Gasteiger partial charge in [-0.3, -0.25) is 4.68 Å². The van der Waals surface area contributed by atoms with Crippen LogP contribution in [-0.2, 0) is 31.9 Å². The van der Waals surface area contributed by atoms with E-state index in [4.69, 9.17) is 14.8 Å². The number of aryl methyl sites for hydroxylation is 4. The summed E-state index contributed by atoms with van der Waals surface area (Å²) in [7, 11) is 0. The van der Waals surface area contributed by atoms with E-state index >= 15 is 0 Å². The molecule has 0 saturated heterocycles. The summed E-state index contributed by atoms with van der Waals surface area (Å²) in [5, 5.41) is 7.22. The number of benzene rings is 5. The van der Waals surface area contributed by atoms with E-state index in [1.807, 2.05) is 28.9 Å². The summed E-state index contributed by atoms with van der Waals surface area (Å²) in [6, 6.07) is 41.4. The number of aromatic nitrogens is 4. The van der Waals surface area contributed by atoms with E-state index in [0.29, 0.717) is 11.5 Å². The quantitative estimate of drug-likeness (QED) is 0.156. The Labute approximate surface area is 352 Å². The number of nitrogens with zero attached hydrogens (tertiary/aromatic N) is 4. The largest absolute Gasteiger partial charge is 2.00 e. The van der Waals surface area contributed by atoms with Gasteiger partial charge in [0.1, 0.15) is 5.82 Å². The second-order valence-electron chi connectivity index (χ2n) is 17.3. The van der Waals surface area contributed by atoms with Gasteiger partial charge in [0, 0.05) is 34.5 Å². The Morgan fingerprint density at radius 3 is 2.07 bits per heavy atom. The molecule has 0 radical (unpaired) electrons. The van der Waals surface area contributed by atoms with Crippen LogP contribution in [0.3, 0.4) is 0 Å². The molecule has 0 aliphatic carbocycles. The van der Waals surface area contributed by atoms with E-state index < -0.39 is 0 Å². The molecule has 0 bridgehead atoms. The van der Waals surface area contributed by atoms with Gasteiger partial charge in [0.05, 0.1) is 5.69 Å². The van der Waals surface area contributed by atoms with Crippen LogP contribution in [0.15, 0.2) is 103 Å². The van der Waals surface area contributed by atoms with E-state index in [-0.39, 0.29) is 31.9 Å². The molecule has 0 atom stereocenters. The molecule has 57 heavy (non-hydrogen) atoms. The smallest absolute Gasteiger partial charge is 0.509 e. The topological polar surface area (TPSA) is 44.9 Å². The molecule has 0 saturated carbocycles. The first-order chi connectivity index (χ1) is 26.6. The maximum atomic E-state index is 6.56. The number of fused-ring (bicyclic) bond motifs is 3. The Balaban J connectivity index is 0.00000496. The first kappa shape index (κ1) is 40.0. The molecule has 0 aliphatic rings. The summed E-state index contributed by atoms with van der Waals surface area (Å²) in [5.41, 5.74) is 15.8. The van der Waals surface area contributed by atoms with Gasteiger partial charge < -0.3 is 9.30 Å². The van der Waals surface area contributed by atoms with Crippen molar-refractivity contribution in [3.8, 4) is 45.3 Å². The second-order valence-corrected chi connectivity index (χ2v) is 17.3. The van der Waals surface area contributed by atoms with Crippen molar-refractivity contribution in [1.82, 2.24) is 19.3 Å². The molecule has 0 N–H and O–H groups in total. The Bertz CT molecular complexity index is 2790. The van der Waals surface area contributed by atoms with Gasteiger partial charge in [-0.25, -0.2) is 4.98 Å². The average Bonchev–Trinajstić information content (AvgIpc) is 3.63. The minimum absolute atomic E-state index is 0. The Morgan fingerprint density at radius 2 is 1.35 bits per heavy atom. The third-order valence-electron chi connectivity index (χ3n) is 10.9. The van der Waals surface area contributed by atoms with Gasteiger partial charge in [0.15, 0.2) is 0 Å². The molecule has 8 aromatic rings. The van der Waals surface area contributed by atoms with Gasteiger partial charge >= 0.3 is 21.1 Å². The van der Waals surface area contributed by atoms with Gasteiger partial charge in [-0.1, -0.05) is 107 Å². The number of para-hydroxylation sites is 1. The van der Waals surface area contributed by atoms with E-state index in [1.54, 1.807) is 0 Å². The van der Waals surface area contributed by atoms with Gasteiger partial charge in [-0.15, -0.1) is 35.7 Å². The molecule has 0 fully saturated rings. The molecule has 290 valence electrons. The predicted molar refractivity (Wildman–Crippen MR) is 232 cm³/mol. The zero-order chi connectivity index (χ0) is 39.7. The molecule has 5 aromatic carbocycles. The predicted octanol–water partition coefficient (Wildman–Crippen LogP) is 13.2. The van der Waals surface area contributed by atoms with Crippen molar-refractivity contribution in [2.75, 3.05) is 0 Å². The molecule has 6 heteroatoms. The maximum Gasteiger partial charge on any atom is 2.00 e. The summed E-state index contributed by atoms with van der Waals surface area (Å²) < 4.78 is 10.8. The van der Waals surface area contributed by atoms with Crippen LogP contribution in [0.1, 0.15) is 80.7 Å². The van der Waals surface area contributed by atoms with E-state index in [0.717, 1.165) is 44.7 Å². The van der Waals surface area contributed by atoms with Crippen LogP contribution in [0, 0.1) is 46.8 Å². The standard InChI is InChI=1S/C51H50N4O.Pt/c1-31-24-32(2)48(33(3)25-31)49-34(4)53-55(35(49)5)38-18-15-19-39(27-38)56-40-22-23-42-41-20-12-13-21-45(41)54(46(42)28-40)47-29-43(44(30-52-47)51(9,10)11)36-16-14-17-37(26-36)50(6,7)8;/h12-26,29-30H,1-11H3;/q-2;+2. The molecule has 3 aromatic heterocycles. The number of hydrogen-bond acceptors (Lipinski definition) is 3. The average molecular weight is 930 g/mol. The molecule has 0 spiro atoms. The zero-order valence-electron chi connectivity index (χ0n) is 34.8. The van der Waals surface area contributed by atoms with Crippen LogP contribution < -0.4 is 4.74 Å². The second kappa shape index (κ2) is 14.9. The number of rotatable bonds is 6. The summed E-state index contributed by atoms with van der Waals surface area (Å²) >= 11 is 0. The van der Waals surface area contributed by atoms with Crippen molar-refractivity contribution in [1.29, 1.82) is 0 Å². The first-order valence-electron chi connectivity index (χ1n) is 19.5. The molecule has 3 heterocycles. The normalized spacial score (nSPS) is 12.0. The molecule has 0 amide bonds. The Hall–Kier alpha value is -5.25. The molecule has 0 unspecified atom stereocenters. The van der Waals surface area contributed by atoms with Gasteiger partial charge in [0.25, 0.3) is 0 Å². The Kier molecular flexibility index (Phi) is 10.5. The fourth-order valence-electron chi connectivity index (χ4n) is 8.28. The van der Waals surface area contributed by atoms with Crippen LogP contribution in [0.4, 0.5) is 0 Å². The van der Waals surface area contributed by atoms with E-state index in [2.05, 4.69) is 172 Å². The minimum Gasteiger partial charge on any atom is -0.509 e. The van der Waals surface area contributed by atoms with Crippen molar-refractivity contribution >= 4 is 21.8 Å². The Morgan fingerprint density at radius 1 is 0.649 bits per heavy atom. The van der Waals surface area contributed by atoms with Gasteiger partial charge in [-0.05, 0) is 108 Å². The fraction of sp³-hybridized carbons (Fsp3) is 0.255. The molecule has 0 aliphatic heterocycles. The third-order valence-corrected chi connectivity index (χ3v) is 10.9. The first-order valence-corrected chi connectivity index (χ1v) is 19.5. The monoisotopic (exact) mass is 929 g/mol. The van der Waals surface area contributed by atoms with Gasteiger partial charge in [0.2, 0.25) is 0 Å². The van der Waals surface area contributed by atoms with Crippen molar-refractivity contribution in [3.05, 3.63) is 155 Å². The van der Waals surface area contributed by atoms with Crippen LogP contribution in [0.5, 0.6) is 11.5 Å².